The molecule has 0 saturated carbocycles. The molecule has 3 aliphatic heterocycles. The maximum atomic E-state index is 12.7. The van der Waals surface area contributed by atoms with Gasteiger partial charge in [0.05, 0.1) is 25.4 Å². The van der Waals surface area contributed by atoms with Gasteiger partial charge in [0.2, 0.25) is 11.8 Å². The summed E-state index contributed by atoms with van der Waals surface area (Å²) in [6, 6.07) is 7.83. The number of nitrogens with zero attached hydrogens (tertiary/aromatic N) is 2. The van der Waals surface area contributed by atoms with E-state index in [2.05, 4.69) is 0 Å². The van der Waals surface area contributed by atoms with Crippen LogP contribution < -0.4 is 4.74 Å². The van der Waals surface area contributed by atoms with E-state index in [1.165, 1.54) is 11.8 Å². The van der Waals surface area contributed by atoms with E-state index >= 15 is 0 Å². The number of hydrogen-bond donors (Lipinski definition) is 0. The van der Waals surface area contributed by atoms with E-state index in [0.29, 0.717) is 32.0 Å². The molecule has 2 atom stereocenters. The third-order valence-corrected chi connectivity index (χ3v) is 6.06. The van der Waals surface area contributed by atoms with Gasteiger partial charge in [-0.15, -0.1) is 11.8 Å². The average Bonchev–Trinajstić information content (AvgIpc) is 2.96. The van der Waals surface area contributed by atoms with Gasteiger partial charge >= 0.3 is 0 Å². The first-order valence-corrected chi connectivity index (χ1v) is 9.95. The molecule has 6 nitrogen and oxygen atoms in total. The lowest BCUT2D eigenvalue weighted by Gasteiger charge is -2.35. The number of ether oxygens (including phenoxy) is 2. The third-order valence-electron chi connectivity index (χ3n) is 5.09. The van der Waals surface area contributed by atoms with Gasteiger partial charge in [-0.3, -0.25) is 9.59 Å². The van der Waals surface area contributed by atoms with E-state index in [0.717, 1.165) is 23.5 Å². The van der Waals surface area contributed by atoms with Crippen LogP contribution in [0.5, 0.6) is 5.75 Å². The molecule has 7 heteroatoms. The van der Waals surface area contributed by atoms with Crippen molar-refractivity contribution in [3.8, 4) is 5.75 Å². The quantitative estimate of drug-likeness (QED) is 0.678. The second kappa shape index (κ2) is 8.77. The molecule has 0 N–H and O–H groups in total. The number of piperidine rings is 1. The van der Waals surface area contributed by atoms with Crippen LogP contribution in [-0.2, 0) is 14.3 Å². The average molecular weight is 378 g/mol. The first-order valence-electron chi connectivity index (χ1n) is 8.96. The Bertz CT molecular complexity index is 654. The zero-order valence-electron chi connectivity index (χ0n) is 15.3. The van der Waals surface area contributed by atoms with Crippen LogP contribution in [0.15, 0.2) is 29.2 Å². The molecule has 3 heterocycles. The number of methoxy groups -OCH3 is 2. The highest BCUT2D eigenvalue weighted by molar-refractivity contribution is 8.00. The molecule has 2 amide bonds. The van der Waals surface area contributed by atoms with Crippen molar-refractivity contribution in [3.05, 3.63) is 24.3 Å². The summed E-state index contributed by atoms with van der Waals surface area (Å²) in [6.07, 6.45) is 1.84. The Morgan fingerprint density at radius 1 is 1.27 bits per heavy atom. The highest BCUT2D eigenvalue weighted by Gasteiger charge is 2.41. The molecule has 0 aromatic heterocycles. The standard InChI is InChI=1S/C19H26N2O4S/c1-24-9-8-21-15-7-6-14(19(21)23)11-20(12-15)18(22)13-26-17-5-3-4-16(10-17)25-2/h3-5,10,14-15H,6-9,11-13H2,1-2H3/t14-,15+/m0/s1. The fourth-order valence-corrected chi connectivity index (χ4v) is 4.50. The van der Waals surface area contributed by atoms with Crippen LogP contribution >= 0.6 is 11.8 Å². The Morgan fingerprint density at radius 2 is 2.12 bits per heavy atom. The van der Waals surface area contributed by atoms with Crippen LogP contribution in [-0.4, -0.2) is 73.9 Å². The number of thioether (sulfide) groups is 1. The minimum atomic E-state index is -0.0728. The molecular formula is C19H26N2O4S. The second-order valence-electron chi connectivity index (χ2n) is 6.72. The molecular weight excluding hydrogens is 352 g/mol. The van der Waals surface area contributed by atoms with Crippen LogP contribution in [0.1, 0.15) is 12.8 Å². The molecule has 0 aliphatic carbocycles. The van der Waals surface area contributed by atoms with Crippen molar-refractivity contribution in [2.45, 2.75) is 23.8 Å². The SMILES string of the molecule is COCCN1C(=O)[C@H]2CC[C@@H]1CN(C(=O)CSc1cccc(OC)c1)C2. The van der Waals surface area contributed by atoms with E-state index in [1.54, 1.807) is 14.2 Å². The lowest BCUT2D eigenvalue weighted by molar-refractivity contribution is -0.140. The number of fused-ring (bicyclic) bond motifs is 4. The van der Waals surface area contributed by atoms with Crippen molar-refractivity contribution >= 4 is 23.6 Å². The van der Waals surface area contributed by atoms with E-state index in [-0.39, 0.29) is 23.8 Å². The van der Waals surface area contributed by atoms with Gasteiger partial charge in [-0.05, 0) is 31.0 Å². The van der Waals surface area contributed by atoms with Gasteiger partial charge < -0.3 is 19.3 Å². The number of carbonyl (C=O) groups excluding carboxylic acids is 2. The highest BCUT2D eigenvalue weighted by atomic mass is 32.2. The van der Waals surface area contributed by atoms with E-state index < -0.39 is 0 Å². The summed E-state index contributed by atoms with van der Waals surface area (Å²) in [6.45, 7) is 2.31. The number of carbonyl (C=O) groups is 2. The van der Waals surface area contributed by atoms with Gasteiger partial charge in [0.15, 0.2) is 0 Å². The Balaban J connectivity index is 1.60. The van der Waals surface area contributed by atoms with Gasteiger partial charge in [-0.1, -0.05) is 6.07 Å². The first-order chi connectivity index (χ1) is 12.6. The third kappa shape index (κ3) is 4.32. The zero-order valence-corrected chi connectivity index (χ0v) is 16.2. The number of amides is 2. The van der Waals surface area contributed by atoms with Gasteiger partial charge in [-0.25, -0.2) is 0 Å². The molecule has 4 rings (SSSR count). The van der Waals surface area contributed by atoms with E-state index in [9.17, 15) is 9.59 Å². The van der Waals surface area contributed by atoms with Gasteiger partial charge in [-0.2, -0.15) is 0 Å². The largest absolute Gasteiger partial charge is 0.497 e. The topological polar surface area (TPSA) is 59.1 Å². The molecule has 142 valence electrons. The van der Waals surface area contributed by atoms with Crippen LogP contribution in [0, 0.1) is 5.92 Å². The van der Waals surface area contributed by atoms with Crippen molar-refractivity contribution in [2.75, 3.05) is 46.2 Å². The summed E-state index contributed by atoms with van der Waals surface area (Å²) in [7, 11) is 3.28. The predicted octanol–water partition coefficient (Wildman–Crippen LogP) is 1.88. The molecule has 3 aliphatic rings. The van der Waals surface area contributed by atoms with Crippen LogP contribution in [0.3, 0.4) is 0 Å². The molecule has 0 unspecified atom stereocenters. The van der Waals surface area contributed by atoms with E-state index in [4.69, 9.17) is 9.47 Å². The van der Waals surface area contributed by atoms with Gasteiger partial charge in [0.1, 0.15) is 5.75 Å². The Labute approximate surface area is 158 Å². The minimum absolute atomic E-state index is 0.0728. The summed E-state index contributed by atoms with van der Waals surface area (Å²) in [4.78, 5) is 30.2. The van der Waals surface area contributed by atoms with Gasteiger partial charge in [0, 0.05) is 37.7 Å². The van der Waals surface area contributed by atoms with Crippen molar-refractivity contribution in [1.29, 1.82) is 0 Å². The molecule has 1 aromatic carbocycles. The Morgan fingerprint density at radius 3 is 2.88 bits per heavy atom. The lowest BCUT2D eigenvalue weighted by Crippen LogP contribution is -2.49. The summed E-state index contributed by atoms with van der Waals surface area (Å²) in [5, 5.41) is 0. The molecule has 1 aromatic rings. The summed E-state index contributed by atoms with van der Waals surface area (Å²) in [5.74, 6) is 1.36. The monoisotopic (exact) mass is 378 g/mol. The molecule has 0 radical (unpaired) electrons. The van der Waals surface area contributed by atoms with Crippen LogP contribution in [0.4, 0.5) is 0 Å². The fraction of sp³-hybridized carbons (Fsp3) is 0.579. The molecule has 3 saturated heterocycles. The minimum Gasteiger partial charge on any atom is -0.497 e. The zero-order chi connectivity index (χ0) is 18.5. The number of hydrogen-bond acceptors (Lipinski definition) is 5. The Hall–Kier alpha value is -1.73. The maximum Gasteiger partial charge on any atom is 0.233 e. The Kier molecular flexibility index (Phi) is 6.43. The van der Waals surface area contributed by atoms with Crippen molar-refractivity contribution in [3.63, 3.8) is 0 Å². The van der Waals surface area contributed by atoms with Crippen molar-refractivity contribution in [1.82, 2.24) is 9.80 Å². The molecule has 26 heavy (non-hydrogen) atoms. The van der Waals surface area contributed by atoms with Gasteiger partial charge in [0.25, 0.3) is 0 Å². The van der Waals surface area contributed by atoms with Crippen molar-refractivity contribution < 1.29 is 19.1 Å². The fourth-order valence-electron chi connectivity index (χ4n) is 3.65. The smallest absolute Gasteiger partial charge is 0.233 e. The lowest BCUT2D eigenvalue weighted by atomic mass is 9.94. The van der Waals surface area contributed by atoms with Crippen LogP contribution in [0.25, 0.3) is 0 Å². The van der Waals surface area contributed by atoms with E-state index in [1.807, 2.05) is 34.1 Å². The normalized spacial score (nSPS) is 22.5. The molecule has 0 spiro atoms. The summed E-state index contributed by atoms with van der Waals surface area (Å²) >= 11 is 1.51. The highest BCUT2D eigenvalue weighted by Crippen LogP contribution is 2.30. The second-order valence-corrected chi connectivity index (χ2v) is 7.77. The predicted molar refractivity (Wildman–Crippen MR) is 100 cm³/mol. The summed E-state index contributed by atoms with van der Waals surface area (Å²) < 4.78 is 10.4. The van der Waals surface area contributed by atoms with Crippen LogP contribution in [0.2, 0.25) is 0 Å². The number of rotatable bonds is 7. The molecule has 3 fully saturated rings. The summed E-state index contributed by atoms with van der Waals surface area (Å²) in [5.41, 5.74) is 0. The first kappa shape index (κ1) is 19.0. The maximum absolute atomic E-state index is 12.7. The molecule has 2 bridgehead atoms. The van der Waals surface area contributed by atoms with Crippen molar-refractivity contribution in [2.24, 2.45) is 5.92 Å². The number of benzene rings is 1.